The van der Waals surface area contributed by atoms with Crippen molar-refractivity contribution in [3.8, 4) is 0 Å². The second-order valence-corrected chi connectivity index (χ2v) is 7.10. The number of aromatic nitrogens is 4. The zero-order valence-electron chi connectivity index (χ0n) is 14.7. The van der Waals surface area contributed by atoms with Gasteiger partial charge in [-0.05, 0) is 17.2 Å². The maximum absolute atomic E-state index is 10.8. The van der Waals surface area contributed by atoms with E-state index in [1.54, 1.807) is 18.5 Å². The molecule has 2 aromatic carbocycles. The van der Waals surface area contributed by atoms with Gasteiger partial charge in [-0.1, -0.05) is 42.1 Å². The van der Waals surface area contributed by atoms with Gasteiger partial charge in [-0.2, -0.15) is 0 Å². The molecule has 0 bridgehead atoms. The Morgan fingerprint density at radius 2 is 1.86 bits per heavy atom. The molecule has 2 heterocycles. The minimum atomic E-state index is -0.406. The third-order valence-electron chi connectivity index (χ3n) is 4.29. The lowest BCUT2D eigenvalue weighted by Crippen LogP contribution is -2.02. The van der Waals surface area contributed by atoms with Crippen molar-refractivity contribution in [1.82, 2.24) is 19.5 Å². The quantitative estimate of drug-likeness (QED) is 0.175. The molecule has 0 aliphatic heterocycles. The summed E-state index contributed by atoms with van der Waals surface area (Å²) in [5, 5.41) is 11.5. The van der Waals surface area contributed by atoms with Crippen molar-refractivity contribution in [2.45, 2.75) is 17.3 Å². The molecule has 4 aromatic rings. The van der Waals surface area contributed by atoms with E-state index in [0.717, 1.165) is 33.0 Å². The lowest BCUT2D eigenvalue weighted by atomic mass is 10.2. The molecule has 0 atom stereocenters. The Kier molecular flexibility index (Phi) is 4.90. The van der Waals surface area contributed by atoms with Crippen LogP contribution in [0.3, 0.4) is 0 Å². The van der Waals surface area contributed by atoms with E-state index in [9.17, 15) is 10.1 Å². The molecule has 0 aliphatic rings. The van der Waals surface area contributed by atoms with Gasteiger partial charge < -0.3 is 10.3 Å². The average molecular weight is 392 g/mol. The van der Waals surface area contributed by atoms with Crippen molar-refractivity contribution in [1.29, 1.82) is 0 Å². The molecule has 0 fully saturated rings. The fourth-order valence-electron chi connectivity index (χ4n) is 2.81. The molecule has 0 saturated heterocycles. The van der Waals surface area contributed by atoms with Crippen molar-refractivity contribution < 1.29 is 4.92 Å². The SMILES string of the molecule is Nc1ccccc1Cn1cnc2c(SCc3ccc([N+](=O)[O-])cc3)ncnc21. The van der Waals surface area contributed by atoms with Crippen molar-refractivity contribution >= 4 is 34.3 Å². The fraction of sp³-hybridized carbons (Fsp3) is 0.105. The Bertz CT molecular complexity index is 1140. The van der Waals surface area contributed by atoms with E-state index in [1.807, 2.05) is 28.8 Å². The minimum Gasteiger partial charge on any atom is -0.398 e. The number of anilines is 1. The van der Waals surface area contributed by atoms with Crippen LogP contribution in [0.2, 0.25) is 0 Å². The standard InChI is InChI=1S/C19H16N6O2S/c20-16-4-2-1-3-14(16)9-24-12-23-17-18(24)21-11-22-19(17)28-10-13-5-7-15(8-6-13)25(26)27/h1-8,11-12H,9-10,20H2. The number of nitro benzene ring substituents is 1. The summed E-state index contributed by atoms with van der Waals surface area (Å²) in [5.74, 6) is 0.628. The van der Waals surface area contributed by atoms with Gasteiger partial charge in [0.2, 0.25) is 0 Å². The molecule has 0 aliphatic carbocycles. The Balaban J connectivity index is 1.55. The maximum Gasteiger partial charge on any atom is 0.269 e. The lowest BCUT2D eigenvalue weighted by molar-refractivity contribution is -0.384. The summed E-state index contributed by atoms with van der Waals surface area (Å²) in [6.07, 6.45) is 3.26. The number of nitrogen functional groups attached to an aromatic ring is 1. The molecule has 0 unspecified atom stereocenters. The lowest BCUT2D eigenvalue weighted by Gasteiger charge is -2.07. The highest BCUT2D eigenvalue weighted by molar-refractivity contribution is 7.98. The van der Waals surface area contributed by atoms with Crippen LogP contribution in [0.15, 0.2) is 66.2 Å². The average Bonchev–Trinajstić information content (AvgIpc) is 3.12. The number of benzene rings is 2. The molecule has 0 saturated carbocycles. The molecule has 9 heteroatoms. The number of para-hydroxylation sites is 1. The first-order chi connectivity index (χ1) is 13.6. The molecular formula is C19H16N6O2S. The van der Waals surface area contributed by atoms with E-state index < -0.39 is 4.92 Å². The molecule has 0 radical (unpaired) electrons. The third kappa shape index (κ3) is 3.65. The zero-order chi connectivity index (χ0) is 19.5. The van der Waals surface area contributed by atoms with Gasteiger partial charge in [-0.25, -0.2) is 15.0 Å². The summed E-state index contributed by atoms with van der Waals surface area (Å²) in [5.41, 5.74) is 10.3. The minimum absolute atomic E-state index is 0.0807. The molecular weight excluding hydrogens is 376 g/mol. The summed E-state index contributed by atoms with van der Waals surface area (Å²) < 4.78 is 1.94. The van der Waals surface area contributed by atoms with Gasteiger partial charge in [0.15, 0.2) is 5.65 Å². The van der Waals surface area contributed by atoms with Gasteiger partial charge in [0, 0.05) is 23.6 Å². The molecule has 28 heavy (non-hydrogen) atoms. The van der Waals surface area contributed by atoms with Crippen molar-refractivity contribution in [3.63, 3.8) is 0 Å². The number of hydrogen-bond acceptors (Lipinski definition) is 7. The van der Waals surface area contributed by atoms with Crippen LogP contribution in [-0.2, 0) is 12.3 Å². The normalized spacial score (nSPS) is 11.0. The van der Waals surface area contributed by atoms with E-state index in [0.29, 0.717) is 12.3 Å². The Morgan fingerprint density at radius 1 is 1.07 bits per heavy atom. The predicted octanol–water partition coefficient (Wildman–Crippen LogP) is 3.66. The Labute approximate surface area is 164 Å². The van der Waals surface area contributed by atoms with Crippen LogP contribution in [0.1, 0.15) is 11.1 Å². The molecule has 0 amide bonds. The highest BCUT2D eigenvalue weighted by atomic mass is 32.2. The molecule has 2 N–H and O–H groups in total. The third-order valence-corrected chi connectivity index (χ3v) is 5.34. The first-order valence-electron chi connectivity index (χ1n) is 8.47. The largest absolute Gasteiger partial charge is 0.398 e. The summed E-state index contributed by atoms with van der Waals surface area (Å²) in [6.45, 7) is 0.576. The number of fused-ring (bicyclic) bond motifs is 1. The highest BCUT2D eigenvalue weighted by Crippen LogP contribution is 2.27. The number of non-ortho nitro benzene ring substituents is 1. The van der Waals surface area contributed by atoms with Crippen LogP contribution >= 0.6 is 11.8 Å². The highest BCUT2D eigenvalue weighted by Gasteiger charge is 2.12. The van der Waals surface area contributed by atoms with E-state index in [4.69, 9.17) is 5.73 Å². The smallest absolute Gasteiger partial charge is 0.269 e. The fourth-order valence-corrected chi connectivity index (χ4v) is 3.71. The number of imidazole rings is 1. The first-order valence-corrected chi connectivity index (χ1v) is 9.46. The second kappa shape index (κ2) is 7.65. The van der Waals surface area contributed by atoms with Crippen molar-refractivity contribution in [2.75, 3.05) is 5.73 Å². The van der Waals surface area contributed by atoms with Gasteiger partial charge in [0.1, 0.15) is 16.9 Å². The van der Waals surface area contributed by atoms with Gasteiger partial charge >= 0.3 is 0 Å². The zero-order valence-corrected chi connectivity index (χ0v) is 15.5. The molecule has 2 aromatic heterocycles. The number of rotatable bonds is 6. The predicted molar refractivity (Wildman–Crippen MR) is 108 cm³/mol. The van der Waals surface area contributed by atoms with Crippen LogP contribution in [0, 0.1) is 10.1 Å². The van der Waals surface area contributed by atoms with Crippen molar-refractivity contribution in [3.05, 3.63) is 82.4 Å². The number of hydrogen-bond donors (Lipinski definition) is 1. The number of nitrogens with zero attached hydrogens (tertiary/aromatic N) is 5. The summed E-state index contributed by atoms with van der Waals surface area (Å²) in [4.78, 5) is 23.6. The van der Waals surface area contributed by atoms with E-state index in [-0.39, 0.29) is 5.69 Å². The number of nitrogens with two attached hydrogens (primary N) is 1. The number of thioether (sulfide) groups is 1. The maximum atomic E-state index is 10.8. The number of nitro groups is 1. The second-order valence-electron chi connectivity index (χ2n) is 6.13. The van der Waals surface area contributed by atoms with Gasteiger partial charge in [-0.15, -0.1) is 0 Å². The van der Waals surface area contributed by atoms with Crippen LogP contribution in [0.25, 0.3) is 11.2 Å². The van der Waals surface area contributed by atoms with Gasteiger partial charge in [0.05, 0.1) is 17.8 Å². The monoisotopic (exact) mass is 392 g/mol. The topological polar surface area (TPSA) is 113 Å². The summed E-state index contributed by atoms with van der Waals surface area (Å²) >= 11 is 1.52. The van der Waals surface area contributed by atoms with Gasteiger partial charge in [0.25, 0.3) is 5.69 Å². The molecule has 4 rings (SSSR count). The molecule has 140 valence electrons. The van der Waals surface area contributed by atoms with E-state index in [2.05, 4.69) is 15.0 Å². The summed E-state index contributed by atoms with van der Waals surface area (Å²) in [7, 11) is 0. The Morgan fingerprint density at radius 3 is 2.61 bits per heavy atom. The molecule has 0 spiro atoms. The molecule has 8 nitrogen and oxygen atoms in total. The van der Waals surface area contributed by atoms with Crippen molar-refractivity contribution in [2.24, 2.45) is 0 Å². The van der Waals surface area contributed by atoms with Crippen LogP contribution in [0.5, 0.6) is 0 Å². The summed E-state index contributed by atoms with van der Waals surface area (Å²) in [6, 6.07) is 14.2. The van der Waals surface area contributed by atoms with Gasteiger partial charge in [-0.3, -0.25) is 10.1 Å². The van der Waals surface area contributed by atoms with Crippen LogP contribution in [0.4, 0.5) is 11.4 Å². The van der Waals surface area contributed by atoms with E-state index >= 15 is 0 Å². The van der Waals surface area contributed by atoms with Crippen LogP contribution < -0.4 is 5.73 Å². The van der Waals surface area contributed by atoms with Crippen LogP contribution in [-0.4, -0.2) is 24.4 Å². The van der Waals surface area contributed by atoms with E-state index in [1.165, 1.54) is 30.2 Å². The first kappa shape index (κ1) is 17.9. The Hall–Kier alpha value is -3.46.